The van der Waals surface area contributed by atoms with E-state index in [1.54, 1.807) is 25.2 Å². The van der Waals surface area contributed by atoms with E-state index in [0.29, 0.717) is 0 Å². The van der Waals surface area contributed by atoms with Crippen molar-refractivity contribution in [3.05, 3.63) is 36.2 Å². The standard InChI is InChI=1S/C11H13N3OS2/c1-15-9-4-2-8(3-5-9)10(12)6-16-11-13-7-14-17-11/h2-5,7,10H,6,12H2,1H3. The number of hydrogen-bond donors (Lipinski definition) is 1. The average Bonchev–Trinajstić information content (AvgIpc) is 2.89. The van der Waals surface area contributed by atoms with Gasteiger partial charge in [-0.1, -0.05) is 23.9 Å². The number of ether oxygens (including phenoxy) is 1. The lowest BCUT2D eigenvalue weighted by Gasteiger charge is -2.11. The maximum Gasteiger partial charge on any atom is 0.169 e. The Balaban J connectivity index is 1.92. The summed E-state index contributed by atoms with van der Waals surface area (Å²) in [5, 5.41) is 0. The van der Waals surface area contributed by atoms with E-state index < -0.39 is 0 Å². The van der Waals surface area contributed by atoms with E-state index in [-0.39, 0.29) is 6.04 Å². The van der Waals surface area contributed by atoms with Gasteiger partial charge < -0.3 is 10.5 Å². The molecule has 0 aliphatic rings. The number of aromatic nitrogens is 2. The third-order valence-corrected chi connectivity index (χ3v) is 4.19. The van der Waals surface area contributed by atoms with Crippen LogP contribution in [0.15, 0.2) is 34.9 Å². The second-order valence-corrected chi connectivity index (χ2v) is 5.45. The van der Waals surface area contributed by atoms with Gasteiger partial charge in [-0.3, -0.25) is 0 Å². The minimum absolute atomic E-state index is 0.00481. The molecule has 0 amide bonds. The molecule has 90 valence electrons. The van der Waals surface area contributed by atoms with E-state index in [4.69, 9.17) is 10.5 Å². The third kappa shape index (κ3) is 3.42. The molecule has 0 radical (unpaired) electrons. The molecule has 4 nitrogen and oxygen atoms in total. The second-order valence-electron chi connectivity index (χ2n) is 3.40. The van der Waals surface area contributed by atoms with E-state index in [9.17, 15) is 0 Å². The number of hydrogen-bond acceptors (Lipinski definition) is 6. The van der Waals surface area contributed by atoms with Crippen molar-refractivity contribution >= 4 is 23.3 Å². The van der Waals surface area contributed by atoms with E-state index in [0.717, 1.165) is 21.4 Å². The molecule has 1 unspecified atom stereocenters. The van der Waals surface area contributed by atoms with Crippen molar-refractivity contribution in [3.8, 4) is 5.75 Å². The molecule has 1 aromatic carbocycles. The Morgan fingerprint density at radius 2 is 2.18 bits per heavy atom. The zero-order valence-electron chi connectivity index (χ0n) is 9.37. The van der Waals surface area contributed by atoms with E-state index >= 15 is 0 Å². The molecule has 0 saturated heterocycles. The highest BCUT2D eigenvalue weighted by atomic mass is 32.2. The number of nitrogens with zero attached hydrogens (tertiary/aromatic N) is 2. The Kier molecular flexibility index (Phi) is 4.36. The van der Waals surface area contributed by atoms with E-state index in [2.05, 4.69) is 9.36 Å². The van der Waals surface area contributed by atoms with Gasteiger partial charge in [0.25, 0.3) is 0 Å². The summed E-state index contributed by atoms with van der Waals surface area (Å²) in [4.78, 5) is 4.10. The Morgan fingerprint density at radius 1 is 1.41 bits per heavy atom. The van der Waals surface area contributed by atoms with Gasteiger partial charge in [0.2, 0.25) is 0 Å². The minimum atomic E-state index is -0.00481. The molecular formula is C11H13N3OS2. The Labute approximate surface area is 108 Å². The molecule has 1 heterocycles. The van der Waals surface area contributed by atoms with Crippen molar-refractivity contribution in [1.82, 2.24) is 9.36 Å². The summed E-state index contributed by atoms with van der Waals surface area (Å²) in [6, 6.07) is 7.82. The fourth-order valence-electron chi connectivity index (χ4n) is 1.33. The monoisotopic (exact) mass is 267 g/mol. The number of nitrogens with two attached hydrogens (primary N) is 1. The molecule has 0 aliphatic carbocycles. The summed E-state index contributed by atoms with van der Waals surface area (Å²) in [7, 11) is 1.65. The van der Waals surface area contributed by atoms with E-state index in [1.165, 1.54) is 11.5 Å². The second kappa shape index (κ2) is 6.00. The lowest BCUT2D eigenvalue weighted by Crippen LogP contribution is -2.12. The maximum absolute atomic E-state index is 6.10. The Morgan fingerprint density at radius 3 is 2.76 bits per heavy atom. The first-order valence-corrected chi connectivity index (χ1v) is 6.84. The number of methoxy groups -OCH3 is 1. The van der Waals surface area contributed by atoms with Crippen molar-refractivity contribution < 1.29 is 4.74 Å². The SMILES string of the molecule is COc1ccc(C(N)CSc2ncns2)cc1. The highest BCUT2D eigenvalue weighted by Crippen LogP contribution is 2.24. The quantitative estimate of drug-likeness (QED) is 0.843. The Bertz CT molecular complexity index is 444. The van der Waals surface area contributed by atoms with Crippen LogP contribution in [0.25, 0.3) is 0 Å². The van der Waals surface area contributed by atoms with Crippen molar-refractivity contribution in [2.24, 2.45) is 5.73 Å². The van der Waals surface area contributed by atoms with Gasteiger partial charge in [0, 0.05) is 11.8 Å². The van der Waals surface area contributed by atoms with E-state index in [1.807, 2.05) is 24.3 Å². The first kappa shape index (κ1) is 12.3. The van der Waals surface area contributed by atoms with Crippen LogP contribution in [0.4, 0.5) is 0 Å². The highest BCUT2D eigenvalue weighted by Gasteiger charge is 2.08. The Hall–Kier alpha value is -1.11. The van der Waals surface area contributed by atoms with Crippen LogP contribution in [0.1, 0.15) is 11.6 Å². The van der Waals surface area contributed by atoms with Gasteiger partial charge in [-0.25, -0.2) is 4.98 Å². The third-order valence-electron chi connectivity index (χ3n) is 2.27. The molecule has 2 rings (SSSR count). The largest absolute Gasteiger partial charge is 0.497 e. The van der Waals surface area contributed by atoms with Gasteiger partial charge in [0.05, 0.1) is 7.11 Å². The van der Waals surface area contributed by atoms with Crippen LogP contribution in [-0.4, -0.2) is 22.2 Å². The zero-order chi connectivity index (χ0) is 12.1. The van der Waals surface area contributed by atoms with Crippen LogP contribution in [0.3, 0.4) is 0 Å². The summed E-state index contributed by atoms with van der Waals surface area (Å²) in [5.74, 6) is 1.64. The van der Waals surface area contributed by atoms with Crippen LogP contribution in [0.2, 0.25) is 0 Å². The van der Waals surface area contributed by atoms with Gasteiger partial charge in [-0.2, -0.15) is 4.37 Å². The van der Waals surface area contributed by atoms with Gasteiger partial charge in [-0.15, -0.1) is 0 Å². The fraction of sp³-hybridized carbons (Fsp3) is 0.273. The molecule has 2 N–H and O–H groups in total. The van der Waals surface area contributed by atoms with Crippen molar-refractivity contribution in [2.45, 2.75) is 10.4 Å². The highest BCUT2D eigenvalue weighted by molar-refractivity contribution is 8.00. The van der Waals surface area contributed by atoms with Crippen molar-refractivity contribution in [1.29, 1.82) is 0 Å². The average molecular weight is 267 g/mol. The number of rotatable bonds is 5. The number of benzene rings is 1. The molecule has 0 saturated carbocycles. The van der Waals surface area contributed by atoms with Crippen LogP contribution in [0.5, 0.6) is 5.75 Å². The molecular weight excluding hydrogens is 254 g/mol. The predicted molar refractivity (Wildman–Crippen MR) is 70.6 cm³/mol. The molecule has 0 aliphatic heterocycles. The topological polar surface area (TPSA) is 61.0 Å². The van der Waals surface area contributed by atoms with Crippen LogP contribution >= 0.6 is 23.3 Å². The lowest BCUT2D eigenvalue weighted by atomic mass is 10.1. The summed E-state index contributed by atoms with van der Waals surface area (Å²) in [6.07, 6.45) is 1.56. The van der Waals surface area contributed by atoms with Gasteiger partial charge in [0.15, 0.2) is 4.34 Å². The maximum atomic E-state index is 6.10. The molecule has 1 aromatic heterocycles. The van der Waals surface area contributed by atoms with Crippen molar-refractivity contribution in [2.75, 3.05) is 12.9 Å². The van der Waals surface area contributed by atoms with Crippen LogP contribution in [-0.2, 0) is 0 Å². The normalized spacial score (nSPS) is 12.4. The molecule has 17 heavy (non-hydrogen) atoms. The number of thioether (sulfide) groups is 1. The predicted octanol–water partition coefficient (Wildman–Crippen LogP) is 2.34. The first-order valence-electron chi connectivity index (χ1n) is 5.08. The van der Waals surface area contributed by atoms with Gasteiger partial charge in [0.1, 0.15) is 12.1 Å². The minimum Gasteiger partial charge on any atom is -0.497 e. The molecule has 1 atom stereocenters. The molecule has 0 spiro atoms. The van der Waals surface area contributed by atoms with Crippen LogP contribution < -0.4 is 10.5 Å². The molecule has 2 aromatic rings. The molecule has 6 heteroatoms. The zero-order valence-corrected chi connectivity index (χ0v) is 11.0. The van der Waals surface area contributed by atoms with Gasteiger partial charge in [-0.05, 0) is 29.2 Å². The van der Waals surface area contributed by atoms with Gasteiger partial charge >= 0.3 is 0 Å². The fourth-order valence-corrected chi connectivity index (χ4v) is 2.79. The first-order chi connectivity index (χ1) is 8.29. The van der Waals surface area contributed by atoms with Crippen molar-refractivity contribution in [3.63, 3.8) is 0 Å². The molecule has 0 fully saturated rings. The van der Waals surface area contributed by atoms with Crippen LogP contribution in [0, 0.1) is 0 Å². The summed E-state index contributed by atoms with van der Waals surface area (Å²) < 4.78 is 10.0. The summed E-state index contributed by atoms with van der Waals surface area (Å²) in [5.41, 5.74) is 7.20. The molecule has 0 bridgehead atoms. The summed E-state index contributed by atoms with van der Waals surface area (Å²) >= 11 is 3.02. The summed E-state index contributed by atoms with van der Waals surface area (Å²) in [6.45, 7) is 0. The smallest absolute Gasteiger partial charge is 0.169 e. The lowest BCUT2D eigenvalue weighted by molar-refractivity contribution is 0.414.